The molecule has 0 aliphatic heterocycles. The van der Waals surface area contributed by atoms with Crippen LogP contribution >= 0.6 is 0 Å². The molecule has 2 heterocycles. The summed E-state index contributed by atoms with van der Waals surface area (Å²) in [5.41, 5.74) is 3.85. The number of aromatic nitrogens is 4. The molecule has 0 atom stereocenters. The molecule has 4 rings (SSSR count). The van der Waals surface area contributed by atoms with Crippen LogP contribution in [0.2, 0.25) is 0 Å². The zero-order chi connectivity index (χ0) is 23.0. The van der Waals surface area contributed by atoms with Gasteiger partial charge < -0.3 is 5.11 Å². The molecule has 0 saturated heterocycles. The molecule has 0 unspecified atom stereocenters. The number of carboxylic acid groups (broad SMARTS) is 1. The highest BCUT2D eigenvalue weighted by molar-refractivity contribution is 5.94. The fourth-order valence-corrected chi connectivity index (χ4v) is 3.82. The van der Waals surface area contributed by atoms with E-state index in [4.69, 9.17) is 10.1 Å². The highest BCUT2D eigenvalue weighted by Gasteiger charge is 2.14. The Morgan fingerprint density at radius 3 is 2.45 bits per heavy atom. The van der Waals surface area contributed by atoms with Crippen LogP contribution in [0.25, 0.3) is 11.3 Å². The van der Waals surface area contributed by atoms with E-state index in [-0.39, 0.29) is 5.56 Å². The van der Waals surface area contributed by atoms with Crippen LogP contribution < -0.4 is 0 Å². The van der Waals surface area contributed by atoms with Crippen LogP contribution in [-0.2, 0) is 25.8 Å². The predicted molar refractivity (Wildman–Crippen MR) is 128 cm³/mol. The van der Waals surface area contributed by atoms with Crippen LogP contribution in [0.1, 0.15) is 52.9 Å². The molecule has 168 valence electrons. The number of aromatic carboxylic acids is 1. The first kappa shape index (κ1) is 22.4. The molecule has 0 spiro atoms. The van der Waals surface area contributed by atoms with Crippen molar-refractivity contribution in [3.8, 4) is 11.3 Å². The van der Waals surface area contributed by atoms with Gasteiger partial charge in [-0.15, -0.1) is 0 Å². The van der Waals surface area contributed by atoms with Gasteiger partial charge in [0.05, 0.1) is 11.3 Å². The van der Waals surface area contributed by atoms with Crippen molar-refractivity contribution in [1.29, 1.82) is 0 Å². The van der Waals surface area contributed by atoms with E-state index in [0.29, 0.717) is 12.1 Å². The number of pyridine rings is 1. The third kappa shape index (κ3) is 5.71. The number of nitrogens with zero attached hydrogens (tertiary/aromatic N) is 4. The molecule has 33 heavy (non-hydrogen) atoms. The molecule has 2 aromatic heterocycles. The Hall–Kier alpha value is -3.80. The summed E-state index contributed by atoms with van der Waals surface area (Å²) in [5, 5.41) is 14.2. The van der Waals surface area contributed by atoms with Crippen LogP contribution in [-0.4, -0.2) is 30.8 Å². The van der Waals surface area contributed by atoms with Gasteiger partial charge in [0.1, 0.15) is 5.82 Å². The summed E-state index contributed by atoms with van der Waals surface area (Å²) in [5.74, 6) is 0.860. The summed E-state index contributed by atoms with van der Waals surface area (Å²) in [6, 6.07) is 21.5. The summed E-state index contributed by atoms with van der Waals surface area (Å²) in [6.45, 7) is 3.03. The molecule has 6 nitrogen and oxygen atoms in total. The van der Waals surface area contributed by atoms with E-state index in [1.807, 2.05) is 35.0 Å². The zero-order valence-corrected chi connectivity index (χ0v) is 18.8. The number of carbonyl (C=O) groups is 1. The maximum absolute atomic E-state index is 11.5. The normalized spacial score (nSPS) is 10.9. The van der Waals surface area contributed by atoms with Crippen molar-refractivity contribution in [2.24, 2.45) is 0 Å². The van der Waals surface area contributed by atoms with E-state index in [0.717, 1.165) is 55.0 Å². The lowest BCUT2D eigenvalue weighted by molar-refractivity contribution is 0.0697. The minimum absolute atomic E-state index is 0.201. The SMILES string of the molecule is CCCCn1nc(CCc2ccccc2)nc1Cc1ccc(-c2ncccc2C(=O)O)cc1. The van der Waals surface area contributed by atoms with Gasteiger partial charge in [-0.3, -0.25) is 4.98 Å². The number of hydrogen-bond acceptors (Lipinski definition) is 4. The minimum Gasteiger partial charge on any atom is -0.478 e. The van der Waals surface area contributed by atoms with Crippen LogP contribution in [0, 0.1) is 0 Å². The number of hydrogen-bond donors (Lipinski definition) is 1. The highest BCUT2D eigenvalue weighted by atomic mass is 16.4. The molecule has 4 aromatic rings. The Morgan fingerprint density at radius 1 is 0.939 bits per heavy atom. The zero-order valence-electron chi connectivity index (χ0n) is 18.8. The highest BCUT2D eigenvalue weighted by Crippen LogP contribution is 2.22. The second kappa shape index (κ2) is 10.7. The molecular weight excluding hydrogens is 412 g/mol. The van der Waals surface area contributed by atoms with Crippen molar-refractivity contribution >= 4 is 5.97 Å². The van der Waals surface area contributed by atoms with Crippen molar-refractivity contribution in [3.05, 3.63) is 101 Å². The van der Waals surface area contributed by atoms with E-state index in [1.54, 1.807) is 18.3 Å². The van der Waals surface area contributed by atoms with Crippen molar-refractivity contribution in [1.82, 2.24) is 19.7 Å². The van der Waals surface area contributed by atoms with Crippen molar-refractivity contribution < 1.29 is 9.90 Å². The largest absolute Gasteiger partial charge is 0.478 e. The van der Waals surface area contributed by atoms with E-state index >= 15 is 0 Å². The maximum atomic E-state index is 11.5. The van der Waals surface area contributed by atoms with Gasteiger partial charge in [0.15, 0.2) is 5.82 Å². The van der Waals surface area contributed by atoms with Crippen molar-refractivity contribution in [2.45, 2.75) is 45.6 Å². The van der Waals surface area contributed by atoms with Gasteiger partial charge in [-0.2, -0.15) is 5.10 Å². The topological polar surface area (TPSA) is 80.9 Å². The number of rotatable bonds is 10. The van der Waals surface area contributed by atoms with Crippen molar-refractivity contribution in [3.63, 3.8) is 0 Å². The van der Waals surface area contributed by atoms with Crippen LogP contribution in [0.3, 0.4) is 0 Å². The van der Waals surface area contributed by atoms with Crippen molar-refractivity contribution in [2.75, 3.05) is 0 Å². The third-order valence-electron chi connectivity index (χ3n) is 5.62. The van der Waals surface area contributed by atoms with Gasteiger partial charge >= 0.3 is 5.97 Å². The summed E-state index contributed by atoms with van der Waals surface area (Å²) >= 11 is 0. The standard InChI is InChI=1S/C27H28N4O2/c1-2-3-18-31-25(29-24(30-31)16-13-20-8-5-4-6-9-20)19-21-11-14-22(15-12-21)26-23(27(32)33)10-7-17-28-26/h4-12,14-15,17H,2-3,13,16,18-19H2,1H3,(H,32,33). The van der Waals surface area contributed by atoms with E-state index in [9.17, 15) is 9.90 Å². The van der Waals surface area contributed by atoms with E-state index in [2.05, 4.69) is 36.2 Å². The van der Waals surface area contributed by atoms with E-state index < -0.39 is 5.97 Å². The minimum atomic E-state index is -0.978. The second-order valence-electron chi connectivity index (χ2n) is 8.08. The molecule has 0 aliphatic carbocycles. The quantitative estimate of drug-likeness (QED) is 0.366. The smallest absolute Gasteiger partial charge is 0.337 e. The first-order valence-corrected chi connectivity index (χ1v) is 11.4. The van der Waals surface area contributed by atoms with Gasteiger partial charge in [0, 0.05) is 31.1 Å². The molecule has 0 fully saturated rings. The molecule has 0 amide bonds. The summed E-state index contributed by atoms with van der Waals surface area (Å²) in [6.07, 6.45) is 6.18. The summed E-state index contributed by atoms with van der Waals surface area (Å²) < 4.78 is 2.04. The number of carboxylic acids is 1. The first-order valence-electron chi connectivity index (χ1n) is 11.4. The van der Waals surface area contributed by atoms with Crippen LogP contribution in [0.4, 0.5) is 0 Å². The third-order valence-corrected chi connectivity index (χ3v) is 5.62. The average Bonchev–Trinajstić information content (AvgIpc) is 3.24. The monoisotopic (exact) mass is 440 g/mol. The Morgan fingerprint density at radius 2 is 1.73 bits per heavy atom. The lowest BCUT2D eigenvalue weighted by atomic mass is 10.0. The Labute approximate surface area is 194 Å². The van der Waals surface area contributed by atoms with Gasteiger partial charge in [0.2, 0.25) is 0 Å². The maximum Gasteiger partial charge on any atom is 0.337 e. The Balaban J connectivity index is 1.51. The molecule has 6 heteroatoms. The average molecular weight is 441 g/mol. The predicted octanol–water partition coefficient (Wildman–Crippen LogP) is 5.21. The Kier molecular flexibility index (Phi) is 7.25. The van der Waals surface area contributed by atoms with Gasteiger partial charge in [-0.05, 0) is 36.1 Å². The van der Waals surface area contributed by atoms with Gasteiger partial charge in [0.25, 0.3) is 0 Å². The molecule has 0 aliphatic rings. The first-order chi connectivity index (χ1) is 16.1. The lowest BCUT2D eigenvalue weighted by Crippen LogP contribution is -2.06. The molecule has 0 bridgehead atoms. The molecule has 1 N–H and O–H groups in total. The lowest BCUT2D eigenvalue weighted by Gasteiger charge is -2.08. The number of unbranched alkanes of at least 4 members (excludes halogenated alkanes) is 1. The van der Waals surface area contributed by atoms with Crippen LogP contribution in [0.15, 0.2) is 72.9 Å². The molecule has 2 aromatic carbocycles. The Bertz CT molecular complexity index is 1200. The second-order valence-corrected chi connectivity index (χ2v) is 8.08. The fraction of sp³-hybridized carbons (Fsp3) is 0.259. The molecule has 0 radical (unpaired) electrons. The van der Waals surface area contributed by atoms with E-state index in [1.165, 1.54) is 5.56 Å². The van der Waals surface area contributed by atoms with Gasteiger partial charge in [-0.1, -0.05) is 67.9 Å². The van der Waals surface area contributed by atoms with Gasteiger partial charge in [-0.25, -0.2) is 14.5 Å². The molecule has 0 saturated carbocycles. The summed E-state index contributed by atoms with van der Waals surface area (Å²) in [7, 11) is 0. The fourth-order valence-electron chi connectivity index (χ4n) is 3.82. The van der Waals surface area contributed by atoms with Crippen LogP contribution in [0.5, 0.6) is 0 Å². The number of aryl methyl sites for hydroxylation is 3. The number of benzene rings is 2. The summed E-state index contributed by atoms with van der Waals surface area (Å²) in [4.78, 5) is 20.6. The molecular formula is C27H28N4O2.